The standard InChI is InChI=1S/C26H27N3O2S/c1-4-19-8-5-6-10-23(19)28-26(32)29(16-22-9-7-11-31-22)15-21-14-20-12-17(2)18(3)13-24(20)27-25(21)30/h5-14H,4,15-16H2,1-3H3,(H,27,30)(H,28,32). The van der Waals surface area contributed by atoms with Crippen LogP contribution in [-0.4, -0.2) is 15.0 Å². The van der Waals surface area contributed by atoms with E-state index in [-0.39, 0.29) is 5.56 Å². The number of rotatable bonds is 6. The van der Waals surface area contributed by atoms with Gasteiger partial charge in [-0.25, -0.2) is 0 Å². The van der Waals surface area contributed by atoms with Crippen LogP contribution in [0, 0.1) is 13.8 Å². The van der Waals surface area contributed by atoms with Crippen molar-refractivity contribution in [3.05, 3.63) is 99.2 Å². The van der Waals surface area contributed by atoms with E-state index in [0.29, 0.717) is 23.8 Å². The zero-order valence-electron chi connectivity index (χ0n) is 18.6. The molecular weight excluding hydrogens is 418 g/mol. The molecule has 0 aliphatic carbocycles. The number of H-pyrrole nitrogens is 1. The van der Waals surface area contributed by atoms with E-state index in [1.54, 1.807) is 6.26 Å². The Bertz CT molecular complexity index is 1310. The zero-order chi connectivity index (χ0) is 22.7. The van der Waals surface area contributed by atoms with Crippen molar-refractivity contribution >= 4 is 33.9 Å². The predicted molar refractivity (Wildman–Crippen MR) is 134 cm³/mol. The molecule has 5 nitrogen and oxygen atoms in total. The number of nitrogens with one attached hydrogen (secondary N) is 2. The molecule has 0 amide bonds. The van der Waals surface area contributed by atoms with E-state index < -0.39 is 0 Å². The Morgan fingerprint density at radius 3 is 2.56 bits per heavy atom. The highest BCUT2D eigenvalue weighted by Gasteiger charge is 2.16. The van der Waals surface area contributed by atoms with Crippen LogP contribution >= 0.6 is 12.2 Å². The van der Waals surface area contributed by atoms with Crippen LogP contribution in [0.4, 0.5) is 5.69 Å². The number of nitrogens with zero attached hydrogens (tertiary/aromatic N) is 1. The zero-order valence-corrected chi connectivity index (χ0v) is 19.4. The van der Waals surface area contributed by atoms with Gasteiger partial charge in [0.1, 0.15) is 5.76 Å². The maximum atomic E-state index is 12.9. The van der Waals surface area contributed by atoms with Gasteiger partial charge in [-0.1, -0.05) is 25.1 Å². The molecule has 6 heteroatoms. The van der Waals surface area contributed by atoms with Gasteiger partial charge >= 0.3 is 0 Å². The number of pyridine rings is 1. The van der Waals surface area contributed by atoms with E-state index in [1.807, 2.05) is 54.3 Å². The summed E-state index contributed by atoms with van der Waals surface area (Å²) in [6, 6.07) is 17.9. The number of aromatic nitrogens is 1. The van der Waals surface area contributed by atoms with Gasteiger partial charge in [0.25, 0.3) is 5.56 Å². The normalized spacial score (nSPS) is 11.0. The molecule has 0 fully saturated rings. The summed E-state index contributed by atoms with van der Waals surface area (Å²) in [4.78, 5) is 17.9. The Balaban J connectivity index is 1.66. The molecule has 0 atom stereocenters. The van der Waals surface area contributed by atoms with Crippen LogP contribution in [0.2, 0.25) is 0 Å². The predicted octanol–water partition coefficient (Wildman–Crippen LogP) is 5.70. The molecule has 2 N–H and O–H groups in total. The quantitative estimate of drug-likeness (QED) is 0.373. The smallest absolute Gasteiger partial charge is 0.253 e. The third kappa shape index (κ3) is 4.75. The highest BCUT2D eigenvalue weighted by Crippen LogP contribution is 2.20. The number of thiocarbonyl (C=S) groups is 1. The van der Waals surface area contributed by atoms with Gasteiger partial charge < -0.3 is 19.6 Å². The molecule has 2 heterocycles. The van der Waals surface area contributed by atoms with E-state index >= 15 is 0 Å². The molecule has 32 heavy (non-hydrogen) atoms. The van der Waals surface area contributed by atoms with Crippen LogP contribution < -0.4 is 10.9 Å². The summed E-state index contributed by atoms with van der Waals surface area (Å²) in [7, 11) is 0. The maximum absolute atomic E-state index is 12.9. The summed E-state index contributed by atoms with van der Waals surface area (Å²) in [5.41, 5.74) is 5.89. The van der Waals surface area contributed by atoms with Crippen LogP contribution in [0.1, 0.15) is 34.9 Å². The summed E-state index contributed by atoms with van der Waals surface area (Å²) in [6.45, 7) is 7.05. The van der Waals surface area contributed by atoms with Gasteiger partial charge in [0, 0.05) is 16.8 Å². The lowest BCUT2D eigenvalue weighted by molar-refractivity contribution is 0.359. The second kappa shape index (κ2) is 9.40. The number of hydrogen-bond donors (Lipinski definition) is 2. The van der Waals surface area contributed by atoms with Crippen molar-refractivity contribution in [3.63, 3.8) is 0 Å². The summed E-state index contributed by atoms with van der Waals surface area (Å²) in [5.74, 6) is 0.779. The first-order valence-electron chi connectivity index (χ1n) is 10.7. The van der Waals surface area contributed by atoms with Crippen LogP contribution in [-0.2, 0) is 19.5 Å². The minimum absolute atomic E-state index is 0.109. The molecule has 0 radical (unpaired) electrons. The molecule has 4 rings (SSSR count). The Hall–Kier alpha value is -3.38. The van der Waals surface area contributed by atoms with Crippen molar-refractivity contribution in [1.29, 1.82) is 0 Å². The number of aryl methyl sites for hydroxylation is 3. The molecule has 2 aromatic carbocycles. The minimum atomic E-state index is -0.109. The fourth-order valence-electron chi connectivity index (χ4n) is 3.78. The number of aromatic amines is 1. The van der Waals surface area contributed by atoms with Crippen molar-refractivity contribution in [2.75, 3.05) is 5.32 Å². The first-order valence-corrected chi connectivity index (χ1v) is 11.1. The van der Waals surface area contributed by atoms with E-state index in [0.717, 1.165) is 34.3 Å². The molecule has 0 saturated heterocycles. The Kier molecular flexibility index (Phi) is 6.42. The molecule has 0 unspecified atom stereocenters. The van der Waals surface area contributed by atoms with Gasteiger partial charge in [-0.3, -0.25) is 4.79 Å². The van der Waals surface area contributed by atoms with E-state index in [1.165, 1.54) is 11.1 Å². The summed E-state index contributed by atoms with van der Waals surface area (Å²) < 4.78 is 5.56. The third-order valence-corrected chi connectivity index (χ3v) is 6.11. The van der Waals surface area contributed by atoms with Gasteiger partial charge in [0.05, 0.1) is 19.4 Å². The lowest BCUT2D eigenvalue weighted by Crippen LogP contribution is -2.35. The van der Waals surface area contributed by atoms with Crippen LogP contribution in [0.25, 0.3) is 10.9 Å². The molecule has 0 saturated carbocycles. The van der Waals surface area contributed by atoms with Crippen molar-refractivity contribution in [1.82, 2.24) is 9.88 Å². The fraction of sp³-hybridized carbons (Fsp3) is 0.231. The van der Waals surface area contributed by atoms with Crippen LogP contribution in [0.3, 0.4) is 0 Å². The summed E-state index contributed by atoms with van der Waals surface area (Å²) in [6.07, 6.45) is 2.54. The fourth-order valence-corrected chi connectivity index (χ4v) is 4.02. The maximum Gasteiger partial charge on any atom is 0.253 e. The van der Waals surface area contributed by atoms with E-state index in [4.69, 9.17) is 16.6 Å². The molecule has 164 valence electrons. The lowest BCUT2D eigenvalue weighted by atomic mass is 10.0. The minimum Gasteiger partial charge on any atom is -0.467 e. The van der Waals surface area contributed by atoms with Gasteiger partial charge in [-0.2, -0.15) is 0 Å². The molecule has 0 aliphatic rings. The number of anilines is 1. The third-order valence-electron chi connectivity index (χ3n) is 5.75. The van der Waals surface area contributed by atoms with Crippen LogP contribution in [0.5, 0.6) is 0 Å². The van der Waals surface area contributed by atoms with E-state index in [9.17, 15) is 4.79 Å². The summed E-state index contributed by atoms with van der Waals surface area (Å²) in [5, 5.41) is 4.92. The molecule has 4 aromatic rings. The van der Waals surface area contributed by atoms with Crippen molar-refractivity contribution in [3.8, 4) is 0 Å². The first kappa shape index (κ1) is 21.8. The largest absolute Gasteiger partial charge is 0.467 e. The van der Waals surface area contributed by atoms with Crippen LogP contribution in [0.15, 0.2) is 70.1 Å². The number of furan rings is 1. The molecular formula is C26H27N3O2S. The van der Waals surface area contributed by atoms with Gasteiger partial charge in [-0.15, -0.1) is 0 Å². The second-order valence-corrected chi connectivity index (χ2v) is 8.41. The molecule has 0 spiro atoms. The average molecular weight is 446 g/mol. The highest BCUT2D eigenvalue weighted by molar-refractivity contribution is 7.80. The SMILES string of the molecule is CCc1ccccc1NC(=S)N(Cc1ccco1)Cc1cc2cc(C)c(C)cc2[nH]c1=O. The molecule has 0 bridgehead atoms. The Labute approximate surface area is 193 Å². The number of hydrogen-bond acceptors (Lipinski definition) is 3. The topological polar surface area (TPSA) is 61.3 Å². The van der Waals surface area contributed by atoms with E-state index in [2.05, 4.69) is 36.3 Å². The van der Waals surface area contributed by atoms with Gasteiger partial charge in [0.15, 0.2) is 5.11 Å². The highest BCUT2D eigenvalue weighted by atomic mass is 32.1. The van der Waals surface area contributed by atoms with Gasteiger partial charge in [-0.05, 0) is 91.0 Å². The average Bonchev–Trinajstić information content (AvgIpc) is 3.29. The monoisotopic (exact) mass is 445 g/mol. The number of fused-ring (bicyclic) bond motifs is 1. The lowest BCUT2D eigenvalue weighted by Gasteiger charge is -2.26. The Morgan fingerprint density at radius 2 is 1.81 bits per heavy atom. The number of benzene rings is 2. The van der Waals surface area contributed by atoms with Gasteiger partial charge in [0.2, 0.25) is 0 Å². The van der Waals surface area contributed by atoms with Crippen molar-refractivity contribution < 1.29 is 4.42 Å². The number of para-hydroxylation sites is 1. The van der Waals surface area contributed by atoms with Crippen molar-refractivity contribution in [2.45, 2.75) is 40.3 Å². The Morgan fingerprint density at radius 1 is 1.03 bits per heavy atom. The van der Waals surface area contributed by atoms with Crippen molar-refractivity contribution in [2.24, 2.45) is 0 Å². The molecule has 2 aromatic heterocycles. The molecule has 0 aliphatic heterocycles. The summed E-state index contributed by atoms with van der Waals surface area (Å²) >= 11 is 5.78. The second-order valence-electron chi connectivity index (χ2n) is 8.02. The first-order chi connectivity index (χ1) is 15.4.